The molecule has 0 aliphatic rings. The van der Waals surface area contributed by atoms with E-state index < -0.39 is 0 Å². The molecule has 68 valence electrons. The molecule has 0 aliphatic carbocycles. The first-order valence-corrected chi connectivity index (χ1v) is 6.36. The Hall–Kier alpha value is 0.430. The molecule has 11 heavy (non-hydrogen) atoms. The van der Waals surface area contributed by atoms with Gasteiger partial charge in [0.2, 0.25) is 0 Å². The molecule has 0 aromatic heterocycles. The second-order valence-corrected chi connectivity index (χ2v) is 4.93. The summed E-state index contributed by atoms with van der Waals surface area (Å²) in [5.74, 6) is 0. The summed E-state index contributed by atoms with van der Waals surface area (Å²) in [5.41, 5.74) is 1.05. The van der Waals surface area contributed by atoms with Gasteiger partial charge in [0.05, 0.1) is 0 Å². The Morgan fingerprint density at radius 1 is 1.09 bits per heavy atom. The van der Waals surface area contributed by atoms with Crippen LogP contribution < -0.4 is 0 Å². The number of hydrogen-bond donors (Lipinski definition) is 0. The molecule has 0 saturated carbocycles. The van der Waals surface area contributed by atoms with E-state index in [9.17, 15) is 0 Å². The predicted molar refractivity (Wildman–Crippen MR) is 57.1 cm³/mol. The molecular weight excluding hydrogens is 151 g/mol. The van der Waals surface area contributed by atoms with Gasteiger partial charge < -0.3 is 0 Å². The minimum Gasteiger partial charge on any atom is -0.119 e. The molecule has 0 heterocycles. The molecule has 0 rings (SSSR count). The Morgan fingerprint density at radius 3 is 2.27 bits per heavy atom. The Labute approximate surface area is 73.9 Å². The van der Waals surface area contributed by atoms with Crippen molar-refractivity contribution in [1.29, 1.82) is 0 Å². The Bertz CT molecular complexity index is 63.3. The normalized spacial score (nSPS) is 14.5. The van der Waals surface area contributed by atoms with Gasteiger partial charge in [-0.15, -0.1) is 8.58 Å². The highest BCUT2D eigenvalue weighted by Gasteiger charge is 2.03. The molecule has 0 saturated heterocycles. The standard InChI is InChI=1S/C10H23P/c1-4-7-8-10(6-3)11-9-5-2/h10-11H,4-9H2,1-3H3. The van der Waals surface area contributed by atoms with Crippen LogP contribution in [-0.2, 0) is 0 Å². The zero-order valence-electron chi connectivity index (χ0n) is 8.32. The summed E-state index contributed by atoms with van der Waals surface area (Å²) in [6, 6.07) is 0. The molecule has 0 amide bonds. The summed E-state index contributed by atoms with van der Waals surface area (Å²) in [7, 11) is 1.23. The molecule has 0 aliphatic heterocycles. The molecule has 0 nitrogen and oxygen atoms in total. The maximum atomic E-state index is 2.34. The summed E-state index contributed by atoms with van der Waals surface area (Å²) in [5, 5.41) is 0. The summed E-state index contributed by atoms with van der Waals surface area (Å²) < 4.78 is 0. The van der Waals surface area contributed by atoms with Gasteiger partial charge in [-0.2, -0.15) is 0 Å². The molecule has 0 radical (unpaired) electrons. The highest BCUT2D eigenvalue weighted by molar-refractivity contribution is 7.38. The van der Waals surface area contributed by atoms with Gasteiger partial charge in [0.15, 0.2) is 0 Å². The monoisotopic (exact) mass is 174 g/mol. The van der Waals surface area contributed by atoms with Gasteiger partial charge in [-0.05, 0) is 24.7 Å². The minimum absolute atomic E-state index is 1.05. The van der Waals surface area contributed by atoms with E-state index in [4.69, 9.17) is 0 Å². The van der Waals surface area contributed by atoms with Crippen LogP contribution in [0.15, 0.2) is 0 Å². The average Bonchev–Trinajstić information content (AvgIpc) is 2.05. The van der Waals surface area contributed by atoms with E-state index in [0.29, 0.717) is 0 Å². The van der Waals surface area contributed by atoms with Crippen molar-refractivity contribution in [1.82, 2.24) is 0 Å². The van der Waals surface area contributed by atoms with Gasteiger partial charge in [-0.3, -0.25) is 0 Å². The second-order valence-electron chi connectivity index (χ2n) is 3.20. The van der Waals surface area contributed by atoms with Gasteiger partial charge in [-0.25, -0.2) is 0 Å². The molecule has 1 heteroatoms. The first kappa shape index (κ1) is 11.4. The summed E-state index contributed by atoms with van der Waals surface area (Å²) in [6.45, 7) is 6.91. The fourth-order valence-electron chi connectivity index (χ4n) is 1.25. The molecular formula is C10H23P. The fraction of sp³-hybridized carbons (Fsp3) is 1.00. The van der Waals surface area contributed by atoms with Crippen LogP contribution in [-0.4, -0.2) is 11.8 Å². The minimum atomic E-state index is 1.05. The molecule has 0 N–H and O–H groups in total. The average molecular weight is 174 g/mol. The zero-order valence-corrected chi connectivity index (χ0v) is 9.32. The third kappa shape index (κ3) is 6.81. The second kappa shape index (κ2) is 8.53. The highest BCUT2D eigenvalue weighted by Crippen LogP contribution is 2.26. The maximum Gasteiger partial charge on any atom is -0.0239 e. The third-order valence-electron chi connectivity index (χ3n) is 2.08. The van der Waals surface area contributed by atoms with Crippen molar-refractivity contribution in [3.63, 3.8) is 0 Å². The van der Waals surface area contributed by atoms with Crippen LogP contribution in [0.25, 0.3) is 0 Å². The van der Waals surface area contributed by atoms with Crippen LogP contribution in [0.1, 0.15) is 52.9 Å². The molecule has 2 atom stereocenters. The smallest absolute Gasteiger partial charge is 0.0239 e. The molecule has 2 unspecified atom stereocenters. The molecule has 0 fully saturated rings. The van der Waals surface area contributed by atoms with Gasteiger partial charge in [0.25, 0.3) is 0 Å². The quantitative estimate of drug-likeness (QED) is 0.511. The van der Waals surface area contributed by atoms with Crippen molar-refractivity contribution < 1.29 is 0 Å². The van der Waals surface area contributed by atoms with E-state index in [1.54, 1.807) is 0 Å². The van der Waals surface area contributed by atoms with Crippen molar-refractivity contribution in [2.24, 2.45) is 0 Å². The lowest BCUT2D eigenvalue weighted by atomic mass is 10.2. The van der Waals surface area contributed by atoms with Crippen molar-refractivity contribution in [2.45, 2.75) is 58.5 Å². The van der Waals surface area contributed by atoms with E-state index in [1.165, 1.54) is 46.8 Å². The molecule has 0 aromatic rings. The molecule has 0 aromatic carbocycles. The number of rotatable bonds is 7. The first-order chi connectivity index (χ1) is 5.35. The van der Waals surface area contributed by atoms with Crippen molar-refractivity contribution in [3.8, 4) is 0 Å². The summed E-state index contributed by atoms with van der Waals surface area (Å²) in [4.78, 5) is 0. The van der Waals surface area contributed by atoms with Gasteiger partial charge in [0, 0.05) is 0 Å². The van der Waals surface area contributed by atoms with Crippen LogP contribution in [0, 0.1) is 0 Å². The number of unbranched alkanes of at least 4 members (excludes halogenated alkanes) is 1. The predicted octanol–water partition coefficient (Wildman–Crippen LogP) is 4.04. The van der Waals surface area contributed by atoms with E-state index >= 15 is 0 Å². The van der Waals surface area contributed by atoms with Gasteiger partial charge in [0.1, 0.15) is 0 Å². The van der Waals surface area contributed by atoms with E-state index in [0.717, 1.165) is 5.66 Å². The van der Waals surface area contributed by atoms with E-state index in [1.807, 2.05) is 0 Å². The van der Waals surface area contributed by atoms with Crippen molar-refractivity contribution in [3.05, 3.63) is 0 Å². The number of hydrogen-bond acceptors (Lipinski definition) is 0. The lowest BCUT2D eigenvalue weighted by Gasteiger charge is -2.13. The van der Waals surface area contributed by atoms with Crippen molar-refractivity contribution in [2.75, 3.05) is 6.16 Å². The van der Waals surface area contributed by atoms with Crippen molar-refractivity contribution >= 4 is 8.58 Å². The lowest BCUT2D eigenvalue weighted by Crippen LogP contribution is -1.98. The Kier molecular flexibility index (Phi) is 8.86. The van der Waals surface area contributed by atoms with Crippen LogP contribution >= 0.6 is 8.58 Å². The summed E-state index contributed by atoms with van der Waals surface area (Å²) in [6.07, 6.45) is 8.52. The summed E-state index contributed by atoms with van der Waals surface area (Å²) >= 11 is 0. The SMILES string of the molecule is CCCCC(CC)PCCC. The largest absolute Gasteiger partial charge is 0.119 e. The highest BCUT2D eigenvalue weighted by atomic mass is 31.1. The van der Waals surface area contributed by atoms with E-state index in [-0.39, 0.29) is 0 Å². The van der Waals surface area contributed by atoms with Crippen LogP contribution in [0.5, 0.6) is 0 Å². The lowest BCUT2D eigenvalue weighted by molar-refractivity contribution is 0.666. The molecule has 0 spiro atoms. The fourth-order valence-corrected chi connectivity index (χ4v) is 2.64. The Balaban J connectivity index is 3.25. The molecule has 0 bridgehead atoms. The zero-order chi connectivity index (χ0) is 8.53. The maximum absolute atomic E-state index is 2.34. The van der Waals surface area contributed by atoms with Crippen LogP contribution in [0.4, 0.5) is 0 Å². The Morgan fingerprint density at radius 2 is 1.82 bits per heavy atom. The third-order valence-corrected chi connectivity index (χ3v) is 4.14. The first-order valence-electron chi connectivity index (χ1n) is 5.08. The van der Waals surface area contributed by atoms with Gasteiger partial charge in [-0.1, -0.05) is 40.0 Å². The topological polar surface area (TPSA) is 0 Å². The van der Waals surface area contributed by atoms with Crippen LogP contribution in [0.3, 0.4) is 0 Å². The van der Waals surface area contributed by atoms with Gasteiger partial charge >= 0.3 is 0 Å². The van der Waals surface area contributed by atoms with E-state index in [2.05, 4.69) is 20.8 Å². The van der Waals surface area contributed by atoms with Crippen LogP contribution in [0.2, 0.25) is 0 Å².